The molecule has 2 N–H and O–H groups in total. The average Bonchev–Trinajstić information content (AvgIpc) is 2.24. The van der Waals surface area contributed by atoms with Crippen molar-refractivity contribution >= 4 is 16.5 Å². The van der Waals surface area contributed by atoms with E-state index in [1.807, 2.05) is 0 Å². The van der Waals surface area contributed by atoms with Crippen LogP contribution in [0, 0.1) is 0 Å². The van der Waals surface area contributed by atoms with Crippen LogP contribution in [0.2, 0.25) is 0 Å². The molecule has 0 saturated carbocycles. The second-order valence-electron chi connectivity index (χ2n) is 3.33. The molecule has 1 rings (SSSR count). The van der Waals surface area contributed by atoms with Crippen molar-refractivity contribution in [2.24, 2.45) is 0 Å². The zero-order chi connectivity index (χ0) is 13.1. The van der Waals surface area contributed by atoms with E-state index in [9.17, 15) is 17.4 Å². The van der Waals surface area contributed by atoms with E-state index in [0.717, 1.165) is 0 Å². The van der Waals surface area contributed by atoms with Gasteiger partial charge in [-0.1, -0.05) is 0 Å². The summed E-state index contributed by atoms with van der Waals surface area (Å²) in [6.45, 7) is 0. The number of methoxy groups -OCH3 is 1. The Morgan fingerprint density at radius 3 is 2.59 bits per heavy atom. The maximum Gasteiger partial charge on any atom is 0.390 e. The predicted molar refractivity (Wildman–Crippen MR) is 59.4 cm³/mol. The van der Waals surface area contributed by atoms with Crippen molar-refractivity contribution in [1.82, 2.24) is 0 Å². The summed E-state index contributed by atoms with van der Waals surface area (Å²) in [5, 5.41) is 0. The Morgan fingerprint density at radius 1 is 1.41 bits per heavy atom. The molecule has 0 aliphatic carbocycles. The molecule has 1 atom stereocenters. The first-order chi connectivity index (χ1) is 7.83. The zero-order valence-corrected chi connectivity index (χ0v) is 9.90. The Balaban J connectivity index is 2.82. The highest BCUT2D eigenvalue weighted by Crippen LogP contribution is 2.27. The smallest absolute Gasteiger partial charge is 0.390 e. The van der Waals surface area contributed by atoms with Gasteiger partial charge in [0.05, 0.1) is 29.2 Å². The number of rotatable bonds is 4. The van der Waals surface area contributed by atoms with Crippen molar-refractivity contribution in [1.29, 1.82) is 0 Å². The normalized spacial score (nSPS) is 13.4. The van der Waals surface area contributed by atoms with Gasteiger partial charge >= 0.3 is 6.18 Å². The third kappa shape index (κ3) is 4.26. The van der Waals surface area contributed by atoms with Crippen LogP contribution >= 0.6 is 0 Å². The highest BCUT2D eigenvalue weighted by molar-refractivity contribution is 7.85. The second kappa shape index (κ2) is 5.39. The minimum Gasteiger partial charge on any atom is -0.495 e. The van der Waals surface area contributed by atoms with E-state index in [2.05, 4.69) is 0 Å². The van der Waals surface area contributed by atoms with Crippen LogP contribution in [-0.2, 0) is 10.8 Å². The number of nitrogens with two attached hydrogens (primary N) is 1. The Kier molecular flexibility index (Phi) is 4.39. The van der Waals surface area contributed by atoms with Crippen molar-refractivity contribution in [3.8, 4) is 5.75 Å². The summed E-state index contributed by atoms with van der Waals surface area (Å²) in [4.78, 5) is 0.228. The van der Waals surface area contributed by atoms with Crippen molar-refractivity contribution in [3.05, 3.63) is 18.2 Å². The quantitative estimate of drug-likeness (QED) is 0.852. The molecule has 3 nitrogen and oxygen atoms in total. The lowest BCUT2D eigenvalue weighted by atomic mass is 10.3. The first kappa shape index (κ1) is 13.8. The lowest BCUT2D eigenvalue weighted by Crippen LogP contribution is -2.13. The summed E-state index contributed by atoms with van der Waals surface area (Å²) in [5.41, 5.74) is 5.89. The molecule has 0 bridgehead atoms. The van der Waals surface area contributed by atoms with Gasteiger partial charge in [-0.25, -0.2) is 0 Å². The summed E-state index contributed by atoms with van der Waals surface area (Å²) in [7, 11) is -0.404. The third-order valence-electron chi connectivity index (χ3n) is 2.00. The first-order valence-electron chi connectivity index (χ1n) is 4.72. The van der Waals surface area contributed by atoms with Crippen molar-refractivity contribution in [3.63, 3.8) is 0 Å². The Morgan fingerprint density at radius 2 is 2.06 bits per heavy atom. The van der Waals surface area contributed by atoms with Gasteiger partial charge in [0, 0.05) is 17.5 Å². The fourth-order valence-electron chi connectivity index (χ4n) is 1.19. The molecule has 17 heavy (non-hydrogen) atoms. The van der Waals surface area contributed by atoms with Crippen LogP contribution in [0.5, 0.6) is 5.75 Å². The molecule has 0 spiro atoms. The van der Waals surface area contributed by atoms with Crippen LogP contribution < -0.4 is 10.5 Å². The van der Waals surface area contributed by atoms with Gasteiger partial charge in [-0.15, -0.1) is 0 Å². The number of hydrogen-bond acceptors (Lipinski definition) is 3. The Bertz CT molecular complexity index is 421. The molecule has 0 radical (unpaired) electrons. The molecule has 0 aromatic heterocycles. The Hall–Kier alpha value is -1.24. The number of benzene rings is 1. The van der Waals surface area contributed by atoms with E-state index in [-0.39, 0.29) is 10.6 Å². The minimum atomic E-state index is -4.31. The SMILES string of the molecule is COc1cc(N)ccc1S(=O)CCC(F)(F)F. The fourth-order valence-corrected chi connectivity index (χ4v) is 2.41. The summed E-state index contributed by atoms with van der Waals surface area (Å²) >= 11 is 0. The number of anilines is 1. The van der Waals surface area contributed by atoms with Gasteiger partial charge in [0.15, 0.2) is 0 Å². The van der Waals surface area contributed by atoms with Crippen molar-refractivity contribution < 1.29 is 22.1 Å². The fraction of sp³-hybridized carbons (Fsp3) is 0.400. The van der Waals surface area contributed by atoms with Crippen LogP contribution in [0.4, 0.5) is 18.9 Å². The molecule has 1 aromatic rings. The van der Waals surface area contributed by atoms with E-state index < -0.39 is 29.1 Å². The molecular formula is C10H12F3NO2S. The first-order valence-corrected chi connectivity index (χ1v) is 6.04. The van der Waals surface area contributed by atoms with Crippen LogP contribution in [0.3, 0.4) is 0 Å². The third-order valence-corrected chi connectivity index (χ3v) is 3.41. The van der Waals surface area contributed by atoms with Gasteiger partial charge in [0.1, 0.15) is 5.75 Å². The van der Waals surface area contributed by atoms with Gasteiger partial charge in [0.25, 0.3) is 0 Å². The lowest BCUT2D eigenvalue weighted by Gasteiger charge is -2.10. The van der Waals surface area contributed by atoms with Gasteiger partial charge in [-0.3, -0.25) is 4.21 Å². The molecule has 0 aliphatic rings. The van der Waals surface area contributed by atoms with Crippen LogP contribution in [-0.4, -0.2) is 23.2 Å². The van der Waals surface area contributed by atoms with Crippen LogP contribution in [0.15, 0.2) is 23.1 Å². The molecule has 0 saturated heterocycles. The molecule has 0 aliphatic heterocycles. The maximum absolute atomic E-state index is 12.0. The molecule has 96 valence electrons. The van der Waals surface area contributed by atoms with Crippen LogP contribution in [0.1, 0.15) is 6.42 Å². The molecule has 1 aromatic carbocycles. The van der Waals surface area contributed by atoms with E-state index in [1.165, 1.54) is 25.3 Å². The molecular weight excluding hydrogens is 255 g/mol. The van der Waals surface area contributed by atoms with Crippen molar-refractivity contribution in [2.75, 3.05) is 18.6 Å². The van der Waals surface area contributed by atoms with Gasteiger partial charge in [-0.2, -0.15) is 13.2 Å². The monoisotopic (exact) mass is 267 g/mol. The number of ether oxygens (including phenoxy) is 1. The van der Waals surface area contributed by atoms with Gasteiger partial charge in [-0.05, 0) is 12.1 Å². The number of alkyl halides is 3. The topological polar surface area (TPSA) is 52.3 Å². The number of nitrogen functional groups attached to an aromatic ring is 1. The average molecular weight is 267 g/mol. The maximum atomic E-state index is 12.0. The van der Waals surface area contributed by atoms with E-state index in [1.54, 1.807) is 0 Å². The summed E-state index contributed by atoms with van der Waals surface area (Å²) in [6, 6.07) is 4.32. The standard InChI is InChI=1S/C10H12F3NO2S/c1-16-8-6-7(14)2-3-9(8)17(15)5-4-10(11,12)13/h2-3,6H,4-5,14H2,1H3. The zero-order valence-electron chi connectivity index (χ0n) is 9.08. The van der Waals surface area contributed by atoms with Gasteiger partial charge < -0.3 is 10.5 Å². The molecule has 1 unspecified atom stereocenters. The Labute approximate surface area is 99.2 Å². The van der Waals surface area contributed by atoms with Crippen molar-refractivity contribution in [2.45, 2.75) is 17.5 Å². The highest BCUT2D eigenvalue weighted by Gasteiger charge is 2.28. The van der Waals surface area contributed by atoms with Crippen LogP contribution in [0.25, 0.3) is 0 Å². The molecule has 0 heterocycles. The number of halogens is 3. The predicted octanol–water partition coefficient (Wildman–Crippen LogP) is 2.34. The lowest BCUT2D eigenvalue weighted by molar-refractivity contribution is -0.129. The van der Waals surface area contributed by atoms with E-state index in [0.29, 0.717) is 5.69 Å². The van der Waals surface area contributed by atoms with E-state index >= 15 is 0 Å². The molecule has 0 fully saturated rings. The summed E-state index contributed by atoms with van der Waals surface area (Å²) < 4.78 is 52.6. The molecule has 0 amide bonds. The highest BCUT2D eigenvalue weighted by atomic mass is 32.2. The molecule has 7 heteroatoms. The summed E-state index contributed by atoms with van der Waals surface area (Å²) in [5.74, 6) is -0.241. The number of hydrogen-bond donors (Lipinski definition) is 1. The minimum absolute atomic E-state index is 0.228. The largest absolute Gasteiger partial charge is 0.495 e. The second-order valence-corrected chi connectivity index (χ2v) is 4.86. The van der Waals surface area contributed by atoms with Gasteiger partial charge in [0.2, 0.25) is 0 Å². The van der Waals surface area contributed by atoms with E-state index in [4.69, 9.17) is 10.5 Å². The summed E-state index contributed by atoms with van der Waals surface area (Å²) in [6.07, 6.45) is -5.40.